The summed E-state index contributed by atoms with van der Waals surface area (Å²) >= 11 is 0. The molecule has 4 saturated heterocycles. The number of halogens is 3. The van der Waals surface area contributed by atoms with Crippen molar-refractivity contribution in [1.29, 1.82) is 0 Å². The average molecular weight is 677 g/mol. The molecular weight excluding hydrogens is 637 g/mol. The Morgan fingerprint density at radius 2 is 1.69 bits per heavy atom. The van der Waals surface area contributed by atoms with E-state index in [1.165, 1.54) is 24.1 Å². The summed E-state index contributed by atoms with van der Waals surface area (Å²) in [6.07, 6.45) is -9.87. The molecule has 48 heavy (non-hydrogen) atoms. The lowest BCUT2D eigenvalue weighted by Crippen LogP contribution is -2.55. The second-order valence-corrected chi connectivity index (χ2v) is 12.8. The number of methoxy groups -OCH3 is 1. The van der Waals surface area contributed by atoms with Crippen LogP contribution in [0.4, 0.5) is 13.2 Å². The number of benzene rings is 2. The predicted octanol–water partition coefficient (Wildman–Crippen LogP) is 1.04. The highest BCUT2D eigenvalue weighted by Gasteiger charge is 2.46. The van der Waals surface area contributed by atoms with Crippen molar-refractivity contribution in [2.45, 2.75) is 68.2 Å². The highest BCUT2D eigenvalue weighted by molar-refractivity contribution is 5.94. The van der Waals surface area contributed by atoms with Crippen LogP contribution in [0, 0.1) is 0 Å². The molecule has 0 aliphatic carbocycles. The minimum absolute atomic E-state index is 0.0467. The molecule has 0 spiro atoms. The first-order valence-electron chi connectivity index (χ1n) is 15.9. The maximum atomic E-state index is 14.1. The van der Waals surface area contributed by atoms with Crippen molar-refractivity contribution in [3.8, 4) is 5.75 Å². The van der Waals surface area contributed by atoms with E-state index in [0.717, 1.165) is 12.1 Å². The molecule has 4 heterocycles. The van der Waals surface area contributed by atoms with E-state index in [1.807, 2.05) is 4.90 Å². The largest absolute Gasteiger partial charge is 0.497 e. The Labute approximate surface area is 275 Å². The Morgan fingerprint density at radius 3 is 2.38 bits per heavy atom. The number of aliphatic hydroxyl groups excluding tert-OH is 2. The van der Waals surface area contributed by atoms with Crippen LogP contribution in [0.25, 0.3) is 0 Å². The Bertz CT molecular complexity index is 1480. The quantitative estimate of drug-likeness (QED) is 0.434. The van der Waals surface area contributed by atoms with Crippen molar-refractivity contribution in [3.63, 3.8) is 0 Å². The van der Waals surface area contributed by atoms with Crippen molar-refractivity contribution in [2.75, 3.05) is 46.4 Å². The summed E-state index contributed by atoms with van der Waals surface area (Å²) in [5.74, 6) is -0.492. The SMILES string of the molecule is COc1ccc(C(=O)N2C[C@@H]3CN(CCO3)C(=O)[C@@H]3C[C@@H](CN3Cc3ccc(C(F)(F)F)cc3)NC(=O)C[C@@H]3O[C@H](C2)[C@@H](O)[C@H]3O)cc1. The van der Waals surface area contributed by atoms with Gasteiger partial charge in [-0.15, -0.1) is 0 Å². The minimum atomic E-state index is -4.48. The zero-order valence-corrected chi connectivity index (χ0v) is 26.3. The topological polar surface area (TPSA) is 141 Å². The number of carbonyl (C=O) groups is 3. The standard InChI is InChI=1S/C33H39F3N4O8/c1-46-23-8-4-20(5-9-23)31(44)40-17-24-16-38(10-11-47-24)32(45)25-12-22(37-28(41)13-26-29(42)30(43)27(18-40)48-26)15-39(25)14-19-2-6-21(7-3-19)33(34,35)36/h2-9,22,24-27,29-30,42-43H,10-18H2,1H3,(H,37,41)/t22-,24-,25-,26-,27+,29-,30+/m0/s1. The molecule has 15 heteroatoms. The maximum Gasteiger partial charge on any atom is 0.416 e. The number of hydrogen-bond donors (Lipinski definition) is 3. The molecule has 4 fully saturated rings. The number of amides is 3. The number of rotatable bonds is 4. The molecular formula is C33H39F3N4O8. The highest BCUT2D eigenvalue weighted by Crippen LogP contribution is 2.31. The number of morpholine rings is 1. The van der Waals surface area contributed by atoms with E-state index in [1.54, 1.807) is 29.2 Å². The fourth-order valence-corrected chi connectivity index (χ4v) is 6.95. The summed E-state index contributed by atoms with van der Waals surface area (Å²) in [6.45, 7) is 1.04. The summed E-state index contributed by atoms with van der Waals surface area (Å²) in [5.41, 5.74) is 0.146. The monoisotopic (exact) mass is 676 g/mol. The van der Waals surface area contributed by atoms with Gasteiger partial charge >= 0.3 is 6.18 Å². The lowest BCUT2D eigenvalue weighted by atomic mass is 10.0. The third-order valence-electron chi connectivity index (χ3n) is 9.47. The van der Waals surface area contributed by atoms with Crippen LogP contribution in [0.2, 0.25) is 0 Å². The van der Waals surface area contributed by atoms with E-state index < -0.39 is 66.2 Å². The molecule has 0 unspecified atom stereocenters. The third-order valence-corrected chi connectivity index (χ3v) is 9.47. The van der Waals surface area contributed by atoms with Crippen molar-refractivity contribution in [3.05, 3.63) is 65.2 Å². The van der Waals surface area contributed by atoms with Crippen LogP contribution in [-0.4, -0.2) is 132 Å². The van der Waals surface area contributed by atoms with Gasteiger partial charge in [0.1, 0.15) is 24.1 Å². The number of ether oxygens (including phenoxy) is 3. The Kier molecular flexibility index (Phi) is 9.95. The normalized spacial score (nSPS) is 30.3. The van der Waals surface area contributed by atoms with Crippen molar-refractivity contribution >= 4 is 17.7 Å². The van der Waals surface area contributed by atoms with Crippen LogP contribution in [0.3, 0.4) is 0 Å². The van der Waals surface area contributed by atoms with E-state index >= 15 is 0 Å². The molecule has 3 N–H and O–H groups in total. The van der Waals surface area contributed by atoms with Crippen molar-refractivity contribution < 1.29 is 52.0 Å². The number of carbonyl (C=O) groups excluding carboxylic acids is 3. The Hall–Kier alpha value is -3.76. The van der Waals surface area contributed by atoms with Crippen LogP contribution in [-0.2, 0) is 31.8 Å². The number of nitrogens with zero attached hydrogens (tertiary/aromatic N) is 3. The fourth-order valence-electron chi connectivity index (χ4n) is 6.95. The summed E-state index contributed by atoms with van der Waals surface area (Å²) < 4.78 is 56.7. The van der Waals surface area contributed by atoms with Gasteiger partial charge in [0.2, 0.25) is 11.8 Å². The third kappa shape index (κ3) is 7.44. The van der Waals surface area contributed by atoms with Crippen LogP contribution >= 0.6 is 0 Å². The number of nitrogens with one attached hydrogen (secondary N) is 1. The summed E-state index contributed by atoms with van der Waals surface area (Å²) in [7, 11) is 1.51. The zero-order valence-electron chi connectivity index (χ0n) is 26.3. The van der Waals surface area contributed by atoms with Crippen molar-refractivity contribution in [2.24, 2.45) is 0 Å². The average Bonchev–Trinajstić information content (AvgIpc) is 3.58. The fraction of sp³-hybridized carbons (Fsp3) is 0.545. The molecule has 12 nitrogen and oxygen atoms in total. The molecule has 4 aliphatic rings. The Balaban J connectivity index is 1.27. The molecule has 0 radical (unpaired) electrons. The van der Waals surface area contributed by atoms with Gasteiger partial charge in [0.05, 0.1) is 44.0 Å². The predicted molar refractivity (Wildman–Crippen MR) is 163 cm³/mol. The minimum Gasteiger partial charge on any atom is -0.497 e. The van der Waals surface area contributed by atoms with E-state index in [2.05, 4.69) is 5.32 Å². The first kappa shape index (κ1) is 34.1. The molecule has 260 valence electrons. The molecule has 2 aromatic carbocycles. The smallest absolute Gasteiger partial charge is 0.416 e. The van der Waals surface area contributed by atoms with Gasteiger partial charge in [-0.3, -0.25) is 19.3 Å². The summed E-state index contributed by atoms with van der Waals surface area (Å²) in [5, 5.41) is 24.6. The molecule has 7 atom stereocenters. The van der Waals surface area contributed by atoms with Crippen LogP contribution in [0.1, 0.15) is 34.3 Å². The van der Waals surface area contributed by atoms with Gasteiger partial charge in [-0.05, 0) is 48.4 Å². The maximum absolute atomic E-state index is 14.1. The molecule has 0 aromatic heterocycles. The molecule has 2 aromatic rings. The van der Waals surface area contributed by atoms with Crippen LogP contribution in [0.15, 0.2) is 48.5 Å². The number of likely N-dealkylation sites (tertiary alicyclic amines) is 1. The number of alkyl halides is 3. The molecule has 4 aliphatic heterocycles. The number of fused-ring (bicyclic) bond motifs is 6. The number of aliphatic hydroxyl groups is 2. The lowest BCUT2D eigenvalue weighted by molar-refractivity contribution is -0.144. The van der Waals surface area contributed by atoms with Crippen LogP contribution in [0.5, 0.6) is 5.75 Å². The van der Waals surface area contributed by atoms with Gasteiger partial charge < -0.3 is 39.5 Å². The van der Waals surface area contributed by atoms with Gasteiger partial charge in [0.15, 0.2) is 0 Å². The van der Waals surface area contributed by atoms with Gasteiger partial charge in [-0.25, -0.2) is 0 Å². The molecule has 3 amide bonds. The zero-order chi connectivity index (χ0) is 34.2. The van der Waals surface area contributed by atoms with Gasteiger partial charge in [-0.1, -0.05) is 12.1 Å². The molecule has 6 rings (SSSR count). The first-order chi connectivity index (χ1) is 22.9. The van der Waals surface area contributed by atoms with E-state index in [-0.39, 0.29) is 58.1 Å². The Morgan fingerprint density at radius 1 is 0.979 bits per heavy atom. The summed E-state index contributed by atoms with van der Waals surface area (Å²) in [6, 6.07) is 10.1. The van der Waals surface area contributed by atoms with E-state index in [4.69, 9.17) is 14.2 Å². The van der Waals surface area contributed by atoms with Crippen LogP contribution < -0.4 is 10.1 Å². The molecule has 6 bridgehead atoms. The van der Waals surface area contributed by atoms with Gasteiger partial charge in [-0.2, -0.15) is 13.2 Å². The van der Waals surface area contributed by atoms with E-state index in [0.29, 0.717) is 23.4 Å². The summed E-state index contributed by atoms with van der Waals surface area (Å²) in [4.78, 5) is 46.0. The second-order valence-electron chi connectivity index (χ2n) is 12.8. The van der Waals surface area contributed by atoms with Crippen molar-refractivity contribution in [1.82, 2.24) is 20.0 Å². The second kappa shape index (κ2) is 14.0. The van der Waals surface area contributed by atoms with E-state index in [9.17, 15) is 37.8 Å². The highest BCUT2D eigenvalue weighted by atomic mass is 19.4. The number of hydrogen-bond acceptors (Lipinski definition) is 9. The molecule has 0 saturated carbocycles. The first-order valence-corrected chi connectivity index (χ1v) is 15.9. The van der Waals surface area contributed by atoms with Gasteiger partial charge in [0, 0.05) is 50.9 Å². The lowest BCUT2D eigenvalue weighted by Gasteiger charge is -2.38. The van der Waals surface area contributed by atoms with Gasteiger partial charge in [0.25, 0.3) is 5.91 Å².